The smallest absolute Gasteiger partial charge is 0.387 e. The van der Waals surface area contributed by atoms with Crippen molar-refractivity contribution in [2.45, 2.75) is 6.61 Å². The first kappa shape index (κ1) is 13.7. The van der Waals surface area contributed by atoms with E-state index in [-0.39, 0.29) is 11.7 Å². The van der Waals surface area contributed by atoms with Gasteiger partial charge in [-0.05, 0) is 46.3 Å². The van der Waals surface area contributed by atoms with Crippen molar-refractivity contribution in [3.63, 3.8) is 0 Å². The molecule has 0 aliphatic heterocycles. The second-order valence-corrected chi connectivity index (χ2v) is 5.09. The molecular weight excluding hydrogens is 346 g/mol. The molecule has 1 aromatic carbocycles. The molecule has 0 fully saturated rings. The van der Waals surface area contributed by atoms with Crippen LogP contribution >= 0.6 is 15.9 Å². The summed E-state index contributed by atoms with van der Waals surface area (Å²) in [5.41, 5.74) is 7.77. The van der Waals surface area contributed by atoms with E-state index in [2.05, 4.69) is 30.6 Å². The van der Waals surface area contributed by atoms with Gasteiger partial charge in [0.25, 0.3) is 0 Å². The summed E-state index contributed by atoms with van der Waals surface area (Å²) in [5.74, 6) is 0.338. The van der Waals surface area contributed by atoms with Gasteiger partial charge in [-0.15, -0.1) is 0 Å². The Morgan fingerprint density at radius 3 is 2.62 bits per heavy atom. The predicted octanol–water partition coefficient (Wildman–Crippen LogP) is 3.37. The fourth-order valence-corrected chi connectivity index (χ4v) is 2.31. The number of pyridine rings is 1. The number of hydrogen-bond acceptors (Lipinski definition) is 4. The van der Waals surface area contributed by atoms with Gasteiger partial charge in [0.05, 0.1) is 5.69 Å². The second-order valence-electron chi connectivity index (χ2n) is 4.17. The van der Waals surface area contributed by atoms with E-state index in [1.165, 1.54) is 12.1 Å². The summed E-state index contributed by atoms with van der Waals surface area (Å²) in [6.07, 6.45) is 1.63. The van der Waals surface area contributed by atoms with Crippen molar-refractivity contribution in [1.82, 2.24) is 14.5 Å². The zero-order chi connectivity index (χ0) is 15.0. The maximum absolute atomic E-state index is 12.1. The van der Waals surface area contributed by atoms with Crippen LogP contribution < -0.4 is 10.5 Å². The minimum atomic E-state index is -2.85. The number of benzene rings is 1. The number of aromatic nitrogens is 3. The molecule has 3 rings (SSSR count). The van der Waals surface area contributed by atoms with Crippen LogP contribution in [-0.2, 0) is 0 Å². The molecule has 0 spiro atoms. The van der Waals surface area contributed by atoms with Crippen molar-refractivity contribution in [3.05, 3.63) is 41.0 Å². The van der Waals surface area contributed by atoms with Gasteiger partial charge in [0.1, 0.15) is 11.3 Å². The van der Waals surface area contributed by atoms with Gasteiger partial charge in [-0.1, -0.05) is 0 Å². The van der Waals surface area contributed by atoms with Crippen molar-refractivity contribution in [2.24, 2.45) is 0 Å². The fraction of sp³-hybridized carbons (Fsp3) is 0.0769. The van der Waals surface area contributed by atoms with Gasteiger partial charge in [-0.2, -0.15) is 8.78 Å². The van der Waals surface area contributed by atoms with Crippen molar-refractivity contribution >= 4 is 33.0 Å². The third-order valence-electron chi connectivity index (χ3n) is 2.81. The number of nitrogens with two attached hydrogens (primary N) is 1. The van der Waals surface area contributed by atoms with Gasteiger partial charge in [-0.25, -0.2) is 9.97 Å². The van der Waals surface area contributed by atoms with E-state index < -0.39 is 6.61 Å². The number of alkyl halides is 2. The molecule has 0 saturated heterocycles. The highest BCUT2D eigenvalue weighted by Crippen LogP contribution is 2.25. The lowest BCUT2D eigenvalue weighted by molar-refractivity contribution is -0.0498. The zero-order valence-electron chi connectivity index (χ0n) is 10.5. The van der Waals surface area contributed by atoms with E-state index >= 15 is 0 Å². The van der Waals surface area contributed by atoms with Crippen LogP contribution in [0.3, 0.4) is 0 Å². The summed E-state index contributed by atoms with van der Waals surface area (Å²) in [4.78, 5) is 8.49. The molecule has 0 aliphatic rings. The van der Waals surface area contributed by atoms with Crippen molar-refractivity contribution in [2.75, 3.05) is 5.73 Å². The average Bonchev–Trinajstić information content (AvgIpc) is 2.74. The Bertz CT molecular complexity index is 789. The minimum Gasteiger partial charge on any atom is -0.435 e. The van der Waals surface area contributed by atoms with Crippen molar-refractivity contribution in [3.8, 4) is 11.4 Å². The Labute approximate surface area is 126 Å². The third-order valence-corrected chi connectivity index (χ3v) is 3.24. The molecule has 8 heteroatoms. The lowest BCUT2D eigenvalue weighted by Crippen LogP contribution is -2.03. The fourth-order valence-electron chi connectivity index (χ4n) is 1.99. The van der Waals surface area contributed by atoms with Crippen LogP contribution in [0.5, 0.6) is 5.75 Å². The first-order valence-electron chi connectivity index (χ1n) is 5.89. The molecule has 2 aromatic heterocycles. The molecule has 5 nitrogen and oxygen atoms in total. The summed E-state index contributed by atoms with van der Waals surface area (Å²) < 4.78 is 31.0. The molecule has 0 bridgehead atoms. The Morgan fingerprint density at radius 1 is 1.24 bits per heavy atom. The highest BCUT2D eigenvalue weighted by atomic mass is 79.9. The molecular formula is C13H9BrF2N4O. The molecule has 0 saturated carbocycles. The van der Waals surface area contributed by atoms with Gasteiger partial charge >= 0.3 is 6.61 Å². The topological polar surface area (TPSA) is 66.0 Å². The second kappa shape index (κ2) is 5.28. The van der Waals surface area contributed by atoms with E-state index in [4.69, 9.17) is 5.73 Å². The van der Waals surface area contributed by atoms with Crippen LogP contribution in [0.4, 0.5) is 14.7 Å². The van der Waals surface area contributed by atoms with E-state index in [1.54, 1.807) is 29.0 Å². The number of rotatable bonds is 3. The first-order valence-corrected chi connectivity index (χ1v) is 6.68. The van der Waals surface area contributed by atoms with Crippen LogP contribution in [0.15, 0.2) is 41.0 Å². The molecule has 2 heterocycles. The first-order chi connectivity index (χ1) is 10.0. The Kier molecular flexibility index (Phi) is 3.46. The third kappa shape index (κ3) is 2.66. The number of anilines is 1. The standard InChI is InChI=1S/C13H9BrF2N4O/c14-7-5-10-11(18-6-7)20(13(17)19-10)8-1-3-9(4-2-8)21-12(15)16/h1-6,12H,(H2,17,19). The van der Waals surface area contributed by atoms with Crippen LogP contribution in [0.25, 0.3) is 16.9 Å². The highest BCUT2D eigenvalue weighted by molar-refractivity contribution is 9.10. The normalized spacial score (nSPS) is 11.2. The highest BCUT2D eigenvalue weighted by Gasteiger charge is 2.12. The Hall–Kier alpha value is -2.22. The van der Waals surface area contributed by atoms with Crippen molar-refractivity contribution in [1.29, 1.82) is 0 Å². The molecule has 0 amide bonds. The van der Waals surface area contributed by atoms with Gasteiger partial charge in [0.15, 0.2) is 5.65 Å². The Morgan fingerprint density at radius 2 is 1.95 bits per heavy atom. The molecule has 0 aliphatic carbocycles. The minimum absolute atomic E-state index is 0.0763. The molecule has 3 aromatic rings. The predicted molar refractivity (Wildman–Crippen MR) is 77.6 cm³/mol. The number of ether oxygens (including phenoxy) is 1. The van der Waals surface area contributed by atoms with E-state index in [9.17, 15) is 8.78 Å². The molecule has 0 atom stereocenters. The van der Waals surface area contributed by atoms with Gasteiger partial charge in [0.2, 0.25) is 5.95 Å². The lowest BCUT2D eigenvalue weighted by atomic mass is 10.3. The molecule has 0 radical (unpaired) electrons. The summed E-state index contributed by atoms with van der Waals surface area (Å²) in [5, 5.41) is 0. The number of imidazole rings is 1. The maximum atomic E-state index is 12.1. The number of hydrogen-bond donors (Lipinski definition) is 1. The number of fused-ring (bicyclic) bond motifs is 1. The summed E-state index contributed by atoms with van der Waals surface area (Å²) >= 11 is 3.31. The van der Waals surface area contributed by atoms with E-state index in [0.717, 1.165) is 4.47 Å². The van der Waals surface area contributed by atoms with Crippen molar-refractivity contribution < 1.29 is 13.5 Å². The zero-order valence-corrected chi connectivity index (χ0v) is 12.1. The molecule has 0 unspecified atom stereocenters. The monoisotopic (exact) mass is 354 g/mol. The summed E-state index contributed by atoms with van der Waals surface area (Å²) in [7, 11) is 0. The van der Waals surface area contributed by atoms with E-state index in [0.29, 0.717) is 16.9 Å². The van der Waals surface area contributed by atoms with Gasteiger partial charge in [-0.3, -0.25) is 4.57 Å². The molecule has 2 N–H and O–H groups in total. The number of nitrogens with zero attached hydrogens (tertiary/aromatic N) is 3. The molecule has 21 heavy (non-hydrogen) atoms. The average molecular weight is 355 g/mol. The largest absolute Gasteiger partial charge is 0.435 e. The van der Waals surface area contributed by atoms with Crippen LogP contribution in [-0.4, -0.2) is 21.1 Å². The van der Waals surface area contributed by atoms with Crippen LogP contribution in [0.1, 0.15) is 0 Å². The number of halogens is 3. The van der Waals surface area contributed by atoms with Crippen LogP contribution in [0.2, 0.25) is 0 Å². The quantitative estimate of drug-likeness (QED) is 0.782. The van der Waals surface area contributed by atoms with Gasteiger partial charge in [0, 0.05) is 10.7 Å². The SMILES string of the molecule is Nc1nc2cc(Br)cnc2n1-c1ccc(OC(F)F)cc1. The lowest BCUT2D eigenvalue weighted by Gasteiger charge is -2.08. The molecule has 108 valence electrons. The summed E-state index contributed by atoms with van der Waals surface area (Å²) in [6, 6.07) is 7.89. The van der Waals surface area contributed by atoms with Crippen LogP contribution in [0, 0.1) is 0 Å². The number of nitrogen functional groups attached to an aromatic ring is 1. The van der Waals surface area contributed by atoms with E-state index in [1.807, 2.05) is 0 Å². The maximum Gasteiger partial charge on any atom is 0.387 e. The Balaban J connectivity index is 2.05. The summed E-state index contributed by atoms with van der Waals surface area (Å²) in [6.45, 7) is -2.85. The van der Waals surface area contributed by atoms with Gasteiger partial charge < -0.3 is 10.5 Å².